The smallest absolute Gasteiger partial charge is 0.303 e. The van der Waals surface area contributed by atoms with Crippen LogP contribution in [0.5, 0.6) is 17.2 Å². The molecule has 0 aromatic heterocycles. The number of carboxylic acids is 1. The van der Waals surface area contributed by atoms with Gasteiger partial charge in [-0.3, -0.25) is 9.59 Å². The van der Waals surface area contributed by atoms with Crippen LogP contribution < -0.4 is 14.2 Å². The number of nitrogens with zero attached hydrogens (tertiary/aromatic N) is 2. The van der Waals surface area contributed by atoms with Crippen LogP contribution in [-0.2, 0) is 9.59 Å². The number of hydrogen-bond acceptors (Lipinski definition) is 6. The quantitative estimate of drug-likeness (QED) is 0.657. The highest BCUT2D eigenvalue weighted by molar-refractivity contribution is 6.03. The van der Waals surface area contributed by atoms with Crippen molar-refractivity contribution in [2.75, 3.05) is 21.3 Å². The SMILES string of the molecule is COc1ccc([C@H]2CC(c3cc(OC)cc(OC)c3)=NN2C(=O)CCCC(=O)O)cc1. The molecule has 8 heteroatoms. The number of amides is 1. The van der Waals surface area contributed by atoms with Gasteiger partial charge >= 0.3 is 5.97 Å². The number of carbonyl (C=O) groups is 2. The van der Waals surface area contributed by atoms with Gasteiger partial charge in [-0.05, 0) is 36.2 Å². The van der Waals surface area contributed by atoms with Gasteiger partial charge in [0.2, 0.25) is 5.91 Å². The van der Waals surface area contributed by atoms with Crippen LogP contribution in [0.15, 0.2) is 47.6 Å². The van der Waals surface area contributed by atoms with Gasteiger partial charge < -0.3 is 19.3 Å². The van der Waals surface area contributed by atoms with Crippen molar-refractivity contribution in [3.63, 3.8) is 0 Å². The molecule has 3 rings (SSSR count). The number of aliphatic carboxylic acids is 1. The molecule has 0 spiro atoms. The standard InChI is InChI=1S/C23H26N2O6/c1-29-17-9-7-15(8-10-17)21-14-20(16-11-18(30-2)13-19(12-16)31-3)24-25(21)22(26)5-4-6-23(27)28/h7-13,21H,4-6,14H2,1-3H3,(H,27,28)/t21-/m1/s1. The summed E-state index contributed by atoms with van der Waals surface area (Å²) in [5.74, 6) is 0.842. The lowest BCUT2D eigenvalue weighted by Gasteiger charge is -2.22. The van der Waals surface area contributed by atoms with Crippen molar-refractivity contribution >= 4 is 17.6 Å². The summed E-state index contributed by atoms with van der Waals surface area (Å²) in [5, 5.41) is 15.0. The number of methoxy groups -OCH3 is 3. The second-order valence-electron chi connectivity index (χ2n) is 7.13. The fourth-order valence-corrected chi connectivity index (χ4v) is 3.48. The van der Waals surface area contributed by atoms with Gasteiger partial charge in [-0.15, -0.1) is 0 Å². The van der Waals surface area contributed by atoms with Crippen molar-refractivity contribution in [1.82, 2.24) is 5.01 Å². The zero-order valence-corrected chi connectivity index (χ0v) is 17.8. The maximum Gasteiger partial charge on any atom is 0.303 e. The Labute approximate surface area is 181 Å². The minimum atomic E-state index is -0.923. The van der Waals surface area contributed by atoms with Crippen molar-refractivity contribution in [2.24, 2.45) is 5.10 Å². The zero-order chi connectivity index (χ0) is 22.4. The molecule has 0 saturated heterocycles. The normalized spacial score (nSPS) is 15.4. The highest BCUT2D eigenvalue weighted by Gasteiger charge is 2.33. The molecular formula is C23H26N2O6. The molecule has 1 heterocycles. The Balaban J connectivity index is 1.92. The molecule has 31 heavy (non-hydrogen) atoms. The predicted octanol–water partition coefficient (Wildman–Crippen LogP) is 3.65. The van der Waals surface area contributed by atoms with Gasteiger partial charge in [0.15, 0.2) is 0 Å². The number of carbonyl (C=O) groups excluding carboxylic acids is 1. The van der Waals surface area contributed by atoms with Crippen LogP contribution in [0.3, 0.4) is 0 Å². The third-order valence-corrected chi connectivity index (χ3v) is 5.13. The molecule has 0 aliphatic carbocycles. The van der Waals surface area contributed by atoms with Gasteiger partial charge in [0.25, 0.3) is 0 Å². The van der Waals surface area contributed by atoms with Crippen LogP contribution in [0, 0.1) is 0 Å². The molecule has 1 atom stereocenters. The summed E-state index contributed by atoms with van der Waals surface area (Å²) in [6.07, 6.45) is 0.818. The average molecular weight is 426 g/mol. The first kappa shape index (κ1) is 22.1. The third-order valence-electron chi connectivity index (χ3n) is 5.13. The third kappa shape index (κ3) is 5.33. The van der Waals surface area contributed by atoms with E-state index in [9.17, 15) is 9.59 Å². The molecule has 0 radical (unpaired) electrons. The summed E-state index contributed by atoms with van der Waals surface area (Å²) >= 11 is 0. The lowest BCUT2D eigenvalue weighted by molar-refractivity contribution is -0.137. The highest BCUT2D eigenvalue weighted by atomic mass is 16.5. The Hall–Kier alpha value is -3.55. The van der Waals surface area contributed by atoms with Crippen LogP contribution >= 0.6 is 0 Å². The van der Waals surface area contributed by atoms with Crippen LogP contribution in [0.2, 0.25) is 0 Å². The molecule has 2 aromatic carbocycles. The fourth-order valence-electron chi connectivity index (χ4n) is 3.48. The molecule has 0 bridgehead atoms. The minimum absolute atomic E-state index is 0.0591. The first-order valence-electron chi connectivity index (χ1n) is 9.94. The summed E-state index contributed by atoms with van der Waals surface area (Å²) < 4.78 is 15.9. The van der Waals surface area contributed by atoms with Gasteiger partial charge in [0, 0.05) is 30.9 Å². The molecule has 1 N–H and O–H groups in total. The van der Waals surface area contributed by atoms with Crippen LogP contribution in [0.4, 0.5) is 0 Å². The van der Waals surface area contributed by atoms with Crippen molar-refractivity contribution in [1.29, 1.82) is 0 Å². The number of ether oxygens (including phenoxy) is 3. The molecule has 0 unspecified atom stereocenters. The van der Waals surface area contributed by atoms with Gasteiger partial charge in [0.05, 0.1) is 33.1 Å². The van der Waals surface area contributed by atoms with E-state index in [1.54, 1.807) is 27.4 Å². The predicted molar refractivity (Wildman–Crippen MR) is 115 cm³/mol. The van der Waals surface area contributed by atoms with Crippen molar-refractivity contribution in [2.45, 2.75) is 31.7 Å². The largest absolute Gasteiger partial charge is 0.497 e. The molecule has 1 aliphatic heterocycles. The summed E-state index contributed by atoms with van der Waals surface area (Å²) in [5.41, 5.74) is 2.45. The van der Waals surface area contributed by atoms with E-state index < -0.39 is 5.97 Å². The van der Waals surface area contributed by atoms with Crippen molar-refractivity contribution in [3.8, 4) is 17.2 Å². The molecular weight excluding hydrogens is 400 g/mol. The Morgan fingerprint density at radius 3 is 2.13 bits per heavy atom. The van der Waals surface area contributed by atoms with E-state index >= 15 is 0 Å². The second kappa shape index (κ2) is 9.97. The topological polar surface area (TPSA) is 97.7 Å². The van der Waals surface area contributed by atoms with E-state index in [1.807, 2.05) is 36.4 Å². The molecule has 0 fully saturated rings. The highest BCUT2D eigenvalue weighted by Crippen LogP contribution is 2.35. The van der Waals surface area contributed by atoms with Gasteiger partial charge in [0.1, 0.15) is 17.2 Å². The van der Waals surface area contributed by atoms with E-state index in [0.29, 0.717) is 17.9 Å². The van der Waals surface area contributed by atoms with Gasteiger partial charge in [-0.2, -0.15) is 5.10 Å². The van der Waals surface area contributed by atoms with E-state index in [1.165, 1.54) is 5.01 Å². The molecule has 2 aromatic rings. The maximum absolute atomic E-state index is 12.9. The first-order chi connectivity index (χ1) is 14.9. The Kier molecular flexibility index (Phi) is 7.12. The number of rotatable bonds is 9. The Bertz CT molecular complexity index is 948. The summed E-state index contributed by atoms with van der Waals surface area (Å²) in [6, 6.07) is 12.7. The number of hydrazone groups is 1. The summed E-state index contributed by atoms with van der Waals surface area (Å²) in [7, 11) is 4.75. The lowest BCUT2D eigenvalue weighted by Crippen LogP contribution is -2.27. The van der Waals surface area contributed by atoms with Crippen molar-refractivity contribution < 1.29 is 28.9 Å². The Morgan fingerprint density at radius 1 is 0.968 bits per heavy atom. The van der Waals surface area contributed by atoms with Crippen LogP contribution in [0.1, 0.15) is 42.9 Å². The van der Waals surface area contributed by atoms with E-state index in [0.717, 1.165) is 22.6 Å². The summed E-state index contributed by atoms with van der Waals surface area (Å²) in [4.78, 5) is 23.7. The average Bonchev–Trinajstić information content (AvgIpc) is 3.24. The van der Waals surface area contributed by atoms with E-state index in [4.69, 9.17) is 19.3 Å². The monoisotopic (exact) mass is 426 g/mol. The van der Waals surface area contributed by atoms with Gasteiger partial charge in [-0.1, -0.05) is 12.1 Å². The van der Waals surface area contributed by atoms with Crippen molar-refractivity contribution in [3.05, 3.63) is 53.6 Å². The first-order valence-corrected chi connectivity index (χ1v) is 9.94. The van der Waals surface area contributed by atoms with Gasteiger partial charge in [-0.25, -0.2) is 5.01 Å². The Morgan fingerprint density at radius 2 is 1.58 bits per heavy atom. The number of benzene rings is 2. The van der Waals surface area contributed by atoms with Crippen LogP contribution in [-0.4, -0.2) is 49.0 Å². The number of hydrogen-bond donors (Lipinski definition) is 1. The second-order valence-corrected chi connectivity index (χ2v) is 7.13. The molecule has 1 amide bonds. The molecule has 1 aliphatic rings. The number of carboxylic acid groups (broad SMARTS) is 1. The molecule has 164 valence electrons. The molecule has 8 nitrogen and oxygen atoms in total. The minimum Gasteiger partial charge on any atom is -0.497 e. The maximum atomic E-state index is 12.9. The zero-order valence-electron chi connectivity index (χ0n) is 17.8. The summed E-state index contributed by atoms with van der Waals surface area (Å²) in [6.45, 7) is 0. The van der Waals surface area contributed by atoms with E-state index in [2.05, 4.69) is 5.10 Å². The lowest BCUT2D eigenvalue weighted by atomic mass is 9.98. The van der Waals surface area contributed by atoms with Crippen LogP contribution in [0.25, 0.3) is 0 Å². The fraction of sp³-hybridized carbons (Fsp3) is 0.348. The molecule has 0 saturated carbocycles. The van der Waals surface area contributed by atoms with E-state index in [-0.39, 0.29) is 31.2 Å².